The molecule has 0 atom stereocenters. The molecule has 0 aromatic rings. The largest absolute Gasteiger partial charge is 0.370 e. The molecule has 0 fully saturated rings. The molecule has 0 rings (SSSR count). The first-order valence-electron chi connectivity index (χ1n) is 0.827. The van der Waals surface area contributed by atoms with Gasteiger partial charge in [-0.25, -0.2) is 0 Å². The van der Waals surface area contributed by atoms with Gasteiger partial charge in [0, 0.05) is 0 Å². The van der Waals surface area contributed by atoms with Gasteiger partial charge in [-0.3, -0.25) is 24.2 Å². The molecule has 8 heteroatoms. The second-order valence-electron chi connectivity index (χ2n) is 0.455. The lowest BCUT2D eigenvalue weighted by molar-refractivity contribution is 1.11. The Morgan fingerprint density at radius 3 is 0.889 bits per heavy atom. The van der Waals surface area contributed by atoms with Gasteiger partial charge in [0.15, 0.2) is 5.96 Å². The van der Waals surface area contributed by atoms with Crippen molar-refractivity contribution in [1.29, 1.82) is 5.41 Å². The number of nitrogens with one attached hydrogen (secondary N) is 1. The maximum absolute atomic E-state index is 6.06. The second kappa shape index (κ2) is 61.3. The summed E-state index contributed by atoms with van der Waals surface area (Å²) in [6, 6.07) is 0. The van der Waals surface area contributed by atoms with Crippen LogP contribution in [-0.2, 0) is 0 Å². The van der Waals surface area contributed by atoms with Gasteiger partial charge in [-0.2, -0.15) is 0 Å². The predicted octanol–water partition coefficient (Wildman–Crippen LogP) is -1.74. The van der Waals surface area contributed by atoms with Crippen LogP contribution in [0.1, 0.15) is 0 Å². The van der Waals surface area contributed by atoms with Gasteiger partial charge in [-0.15, -0.1) is 0 Å². The Bertz CT molecular complexity index is 38.8. The highest BCUT2D eigenvalue weighted by Crippen LogP contribution is 1.13. The molecule has 3 nitrogen and oxygen atoms in total. The number of halogens is 4. The lowest BCUT2D eigenvalue weighted by Crippen LogP contribution is -2.20. The molecule has 0 unspecified atom stereocenters. The highest BCUT2D eigenvalue weighted by molar-refractivity contribution is 5.75. The van der Waals surface area contributed by atoms with E-state index in [1.54, 1.807) is 0 Å². The molecule has 0 bridgehead atoms. The SMILES string of the molecule is B.F.F.F.F.N=C(N)N. The fraction of sp³-hybridized carbons (Fsp3) is 0. The molecule has 9 heavy (non-hydrogen) atoms. The van der Waals surface area contributed by atoms with Crippen LogP contribution in [0.3, 0.4) is 0 Å². The number of guanidine groups is 1. The van der Waals surface area contributed by atoms with Crippen LogP contribution in [0.4, 0.5) is 18.8 Å². The van der Waals surface area contributed by atoms with Gasteiger partial charge in [-0.05, 0) is 0 Å². The summed E-state index contributed by atoms with van der Waals surface area (Å²) in [7, 11) is 0. The van der Waals surface area contributed by atoms with Crippen LogP contribution >= 0.6 is 0 Å². The first-order valence-corrected chi connectivity index (χ1v) is 0.827. The normalized spacial score (nSPS) is 2.67. The third kappa shape index (κ3) is 202. The first-order chi connectivity index (χ1) is 1.73. The summed E-state index contributed by atoms with van der Waals surface area (Å²) >= 11 is 0. The lowest BCUT2D eigenvalue weighted by Gasteiger charge is -1.69. The highest BCUT2D eigenvalue weighted by atomic mass is 19.0. The Hall–Kier alpha value is -0.945. The molecule has 5 N–H and O–H groups in total. The van der Waals surface area contributed by atoms with Gasteiger partial charge in [0.25, 0.3) is 0 Å². The van der Waals surface area contributed by atoms with Crippen molar-refractivity contribution in [2.24, 2.45) is 11.5 Å². The summed E-state index contributed by atoms with van der Waals surface area (Å²) in [5.74, 6) is -0.333. The third-order valence-corrected chi connectivity index (χ3v) is 0. The number of nitrogens with two attached hydrogens (primary N) is 2. The zero-order chi connectivity index (χ0) is 3.58. The molecular formula is CH12BF4N3. The summed E-state index contributed by atoms with van der Waals surface area (Å²) in [5.41, 5.74) is 8.94. The van der Waals surface area contributed by atoms with E-state index < -0.39 is 0 Å². The van der Waals surface area contributed by atoms with Crippen LogP contribution in [0.15, 0.2) is 0 Å². The Morgan fingerprint density at radius 1 is 0.889 bits per heavy atom. The number of hydrogen-bond acceptors (Lipinski definition) is 1. The highest BCUT2D eigenvalue weighted by Gasteiger charge is 1.52. The quantitative estimate of drug-likeness (QED) is 0.167. The van der Waals surface area contributed by atoms with E-state index in [9.17, 15) is 0 Å². The molecule has 0 aromatic carbocycles. The van der Waals surface area contributed by atoms with Crippen LogP contribution in [0.2, 0.25) is 0 Å². The topological polar surface area (TPSA) is 75.9 Å². The second-order valence-corrected chi connectivity index (χ2v) is 0.455. The predicted molar refractivity (Wildman–Crippen MR) is 36.1 cm³/mol. The Kier molecular flexibility index (Phi) is 646. The molecular weight excluding hydrogens is 141 g/mol. The zero-order valence-corrected chi connectivity index (χ0v) is 3.79. The summed E-state index contributed by atoms with van der Waals surface area (Å²) in [6.45, 7) is 0. The van der Waals surface area contributed by atoms with Crippen molar-refractivity contribution in [1.82, 2.24) is 0 Å². The average Bonchev–Trinajstić information content (AvgIpc) is 0.811. The van der Waals surface area contributed by atoms with Gasteiger partial charge >= 0.3 is 0 Å². The summed E-state index contributed by atoms with van der Waals surface area (Å²) in [4.78, 5) is 0. The molecule has 0 radical (unpaired) electrons. The number of rotatable bonds is 0. The molecule has 0 saturated carbocycles. The molecule has 0 aliphatic carbocycles. The van der Waals surface area contributed by atoms with Crippen molar-refractivity contribution < 1.29 is 18.8 Å². The van der Waals surface area contributed by atoms with Crippen molar-refractivity contribution in [3.8, 4) is 0 Å². The lowest BCUT2D eigenvalue weighted by atomic mass is 10.8. The minimum Gasteiger partial charge on any atom is -0.370 e. The van der Waals surface area contributed by atoms with E-state index in [1.165, 1.54) is 0 Å². The summed E-state index contributed by atoms with van der Waals surface area (Å²) < 4.78 is 0. The van der Waals surface area contributed by atoms with Crippen molar-refractivity contribution in [3.63, 3.8) is 0 Å². The van der Waals surface area contributed by atoms with E-state index in [1.807, 2.05) is 0 Å². The van der Waals surface area contributed by atoms with Crippen LogP contribution in [0.25, 0.3) is 0 Å². The molecule has 0 spiro atoms. The zero-order valence-electron chi connectivity index (χ0n) is 3.79. The van der Waals surface area contributed by atoms with Crippen molar-refractivity contribution in [3.05, 3.63) is 0 Å². The molecule has 0 aromatic heterocycles. The van der Waals surface area contributed by atoms with E-state index in [4.69, 9.17) is 5.41 Å². The molecule has 0 amide bonds. The van der Waals surface area contributed by atoms with E-state index in [-0.39, 0.29) is 33.2 Å². The van der Waals surface area contributed by atoms with E-state index in [2.05, 4.69) is 11.5 Å². The van der Waals surface area contributed by atoms with E-state index in [0.717, 1.165) is 0 Å². The summed E-state index contributed by atoms with van der Waals surface area (Å²) in [6.07, 6.45) is 0. The summed E-state index contributed by atoms with van der Waals surface area (Å²) in [5, 5.41) is 6.06. The minimum absolute atomic E-state index is 0. The van der Waals surface area contributed by atoms with Crippen molar-refractivity contribution in [2.75, 3.05) is 0 Å². The molecule has 0 heterocycles. The Morgan fingerprint density at radius 2 is 0.889 bits per heavy atom. The van der Waals surface area contributed by atoms with Crippen LogP contribution in [-0.4, -0.2) is 14.4 Å². The maximum atomic E-state index is 6.06. The smallest absolute Gasteiger partial charge is 0.183 e. The van der Waals surface area contributed by atoms with E-state index >= 15 is 0 Å². The van der Waals surface area contributed by atoms with Gasteiger partial charge in [0.2, 0.25) is 0 Å². The van der Waals surface area contributed by atoms with Gasteiger partial charge in [0.1, 0.15) is 0 Å². The maximum Gasteiger partial charge on any atom is 0.183 e. The minimum atomic E-state index is -0.333. The van der Waals surface area contributed by atoms with Gasteiger partial charge in [0.05, 0.1) is 8.41 Å². The fourth-order valence-corrected chi connectivity index (χ4v) is 0. The molecule has 0 aliphatic rings. The van der Waals surface area contributed by atoms with E-state index in [0.29, 0.717) is 0 Å². The molecule has 0 aliphatic heterocycles. The fourth-order valence-electron chi connectivity index (χ4n) is 0. The van der Waals surface area contributed by atoms with Gasteiger partial charge in [-0.1, -0.05) is 0 Å². The van der Waals surface area contributed by atoms with Crippen LogP contribution in [0.5, 0.6) is 0 Å². The monoisotopic (exact) mass is 153 g/mol. The van der Waals surface area contributed by atoms with Crippen LogP contribution in [0, 0.1) is 5.41 Å². The standard InChI is InChI=1S/CH5N3.BH3.4FH/c2-1(3)4;;;;;/h(H5,2,3,4);1H3;4*1H. The average molecular weight is 153 g/mol. The third-order valence-electron chi connectivity index (χ3n) is 0. The van der Waals surface area contributed by atoms with Crippen molar-refractivity contribution >= 4 is 14.4 Å². The van der Waals surface area contributed by atoms with Crippen LogP contribution < -0.4 is 11.5 Å². The first kappa shape index (κ1) is 94.9. The number of hydrogen-bond donors (Lipinski definition) is 3. The molecule has 62 valence electrons. The Labute approximate surface area is 51.3 Å². The molecule has 0 saturated heterocycles. The van der Waals surface area contributed by atoms with Gasteiger partial charge < -0.3 is 11.5 Å². The van der Waals surface area contributed by atoms with Crippen molar-refractivity contribution in [2.45, 2.75) is 0 Å². The Balaban J connectivity index is -0.00000000450.